The molecule has 2 aromatic rings. The number of amides is 1. The van der Waals surface area contributed by atoms with Crippen LogP contribution in [-0.2, 0) is 15.9 Å². The van der Waals surface area contributed by atoms with Gasteiger partial charge in [-0.3, -0.25) is 4.79 Å². The third-order valence-corrected chi connectivity index (χ3v) is 6.59. The van der Waals surface area contributed by atoms with Gasteiger partial charge < -0.3 is 19.9 Å². The standard InChI is InChI=1S/C22H28N4O4/c27-17-8-6-15(7-9-17)22(28)23-18-12-29-21-19(13-30-20(18)21)26-11-16(24-25-26)10-14-4-2-1-3-5-14/h6-9,11,14,18-21,27H,1-5,10,12-13H2,(H,23,28). The highest BCUT2D eigenvalue weighted by molar-refractivity contribution is 5.94. The van der Waals surface area contributed by atoms with Crippen LogP contribution in [0.4, 0.5) is 0 Å². The van der Waals surface area contributed by atoms with E-state index >= 15 is 0 Å². The van der Waals surface area contributed by atoms with Crippen LogP contribution in [0.2, 0.25) is 0 Å². The van der Waals surface area contributed by atoms with Crippen molar-refractivity contribution in [2.75, 3.05) is 13.2 Å². The molecule has 4 unspecified atom stereocenters. The monoisotopic (exact) mass is 412 g/mol. The van der Waals surface area contributed by atoms with E-state index in [0.717, 1.165) is 18.0 Å². The Bertz CT molecular complexity index is 878. The minimum atomic E-state index is -0.216. The Morgan fingerprint density at radius 3 is 2.67 bits per heavy atom. The van der Waals surface area contributed by atoms with Gasteiger partial charge in [-0.25, -0.2) is 4.68 Å². The fraction of sp³-hybridized carbons (Fsp3) is 0.591. The molecule has 1 aromatic carbocycles. The summed E-state index contributed by atoms with van der Waals surface area (Å²) >= 11 is 0. The zero-order chi connectivity index (χ0) is 20.5. The number of fused-ring (bicyclic) bond motifs is 1. The average molecular weight is 412 g/mol. The number of benzene rings is 1. The molecule has 2 saturated heterocycles. The zero-order valence-electron chi connectivity index (χ0n) is 16.9. The first-order valence-electron chi connectivity index (χ1n) is 10.9. The van der Waals surface area contributed by atoms with Crippen molar-refractivity contribution in [2.45, 2.75) is 62.8 Å². The molecule has 5 rings (SSSR count). The van der Waals surface area contributed by atoms with Gasteiger partial charge in [0.1, 0.15) is 24.0 Å². The Morgan fingerprint density at radius 1 is 1.10 bits per heavy atom. The Morgan fingerprint density at radius 2 is 1.87 bits per heavy atom. The Kier molecular flexibility index (Phi) is 5.43. The van der Waals surface area contributed by atoms with E-state index in [1.165, 1.54) is 44.2 Å². The number of aromatic hydroxyl groups is 1. The van der Waals surface area contributed by atoms with Crippen LogP contribution in [0.25, 0.3) is 0 Å². The number of aromatic nitrogens is 3. The smallest absolute Gasteiger partial charge is 0.251 e. The van der Waals surface area contributed by atoms with Gasteiger partial charge in [0.05, 0.1) is 24.9 Å². The third kappa shape index (κ3) is 3.94. The van der Waals surface area contributed by atoms with E-state index in [1.807, 2.05) is 10.9 Å². The number of phenolic OH excluding ortho intramolecular Hbond substituents is 1. The van der Waals surface area contributed by atoms with Crippen molar-refractivity contribution in [3.8, 4) is 5.75 Å². The molecule has 2 aliphatic heterocycles. The normalized spacial score (nSPS) is 29.1. The summed E-state index contributed by atoms with van der Waals surface area (Å²) < 4.78 is 13.9. The molecule has 1 aromatic heterocycles. The van der Waals surface area contributed by atoms with Crippen molar-refractivity contribution < 1.29 is 19.4 Å². The topological polar surface area (TPSA) is 98.5 Å². The summed E-state index contributed by atoms with van der Waals surface area (Å²) in [6, 6.07) is 5.95. The van der Waals surface area contributed by atoms with Crippen molar-refractivity contribution >= 4 is 5.91 Å². The maximum absolute atomic E-state index is 12.5. The van der Waals surface area contributed by atoms with E-state index in [1.54, 1.807) is 12.1 Å². The highest BCUT2D eigenvalue weighted by Gasteiger charge is 2.49. The van der Waals surface area contributed by atoms with Gasteiger partial charge in [0.2, 0.25) is 0 Å². The van der Waals surface area contributed by atoms with Gasteiger partial charge in [0, 0.05) is 11.8 Å². The number of rotatable bonds is 5. The summed E-state index contributed by atoms with van der Waals surface area (Å²) in [4.78, 5) is 12.5. The van der Waals surface area contributed by atoms with Crippen LogP contribution < -0.4 is 5.32 Å². The molecular formula is C22H28N4O4. The Hall–Kier alpha value is -2.45. The van der Waals surface area contributed by atoms with Crippen LogP contribution in [0.15, 0.2) is 30.5 Å². The summed E-state index contributed by atoms with van der Waals surface area (Å²) in [6.45, 7) is 0.895. The van der Waals surface area contributed by atoms with Crippen molar-refractivity contribution in [3.63, 3.8) is 0 Å². The summed E-state index contributed by atoms with van der Waals surface area (Å²) in [5.74, 6) is 0.652. The fourth-order valence-electron chi connectivity index (χ4n) is 4.95. The van der Waals surface area contributed by atoms with E-state index in [-0.39, 0.29) is 35.9 Å². The third-order valence-electron chi connectivity index (χ3n) is 6.59. The molecule has 8 nitrogen and oxygen atoms in total. The summed E-state index contributed by atoms with van der Waals surface area (Å²) in [7, 11) is 0. The molecule has 4 atom stereocenters. The first kappa shape index (κ1) is 19.5. The first-order chi connectivity index (χ1) is 14.7. The van der Waals surface area contributed by atoms with Gasteiger partial charge in [-0.2, -0.15) is 0 Å². The maximum Gasteiger partial charge on any atom is 0.251 e. The zero-order valence-corrected chi connectivity index (χ0v) is 16.9. The van der Waals surface area contributed by atoms with Crippen LogP contribution in [-0.4, -0.2) is 57.5 Å². The average Bonchev–Trinajstić information content (AvgIpc) is 3.47. The summed E-state index contributed by atoms with van der Waals surface area (Å²) in [5.41, 5.74) is 1.54. The predicted octanol–water partition coefficient (Wildman–Crippen LogP) is 2.24. The van der Waals surface area contributed by atoms with Crippen molar-refractivity contribution in [1.29, 1.82) is 0 Å². The number of carbonyl (C=O) groups excluding carboxylic acids is 1. The van der Waals surface area contributed by atoms with Crippen LogP contribution in [0, 0.1) is 5.92 Å². The number of carbonyl (C=O) groups is 1. The molecule has 8 heteroatoms. The molecule has 1 aliphatic carbocycles. The van der Waals surface area contributed by atoms with E-state index in [2.05, 4.69) is 15.6 Å². The van der Waals surface area contributed by atoms with Crippen LogP contribution in [0.5, 0.6) is 5.75 Å². The number of phenols is 1. The van der Waals surface area contributed by atoms with Crippen LogP contribution >= 0.6 is 0 Å². The van der Waals surface area contributed by atoms with Crippen molar-refractivity contribution in [2.24, 2.45) is 5.92 Å². The van der Waals surface area contributed by atoms with Gasteiger partial charge in [0.15, 0.2) is 0 Å². The SMILES string of the molecule is O=C(NC1COC2C1OCC2n1cc(CC2CCCCC2)nn1)c1ccc(O)cc1. The molecule has 0 radical (unpaired) electrons. The van der Waals surface area contributed by atoms with E-state index in [9.17, 15) is 9.90 Å². The second kappa shape index (κ2) is 8.35. The van der Waals surface area contributed by atoms with Gasteiger partial charge in [0.25, 0.3) is 5.91 Å². The van der Waals surface area contributed by atoms with E-state index < -0.39 is 0 Å². The lowest BCUT2D eigenvalue weighted by molar-refractivity contribution is 0.0613. The molecule has 1 amide bonds. The molecule has 1 saturated carbocycles. The molecule has 3 aliphatic rings. The minimum Gasteiger partial charge on any atom is -0.508 e. The highest BCUT2D eigenvalue weighted by atomic mass is 16.6. The molecule has 0 bridgehead atoms. The number of nitrogens with one attached hydrogen (secondary N) is 1. The Balaban J connectivity index is 1.20. The second-order valence-electron chi connectivity index (χ2n) is 8.69. The quantitative estimate of drug-likeness (QED) is 0.782. The number of nitrogens with zero attached hydrogens (tertiary/aromatic N) is 3. The maximum atomic E-state index is 12.5. The minimum absolute atomic E-state index is 0.0295. The second-order valence-corrected chi connectivity index (χ2v) is 8.69. The predicted molar refractivity (Wildman–Crippen MR) is 108 cm³/mol. The molecule has 0 spiro atoms. The molecular weight excluding hydrogens is 384 g/mol. The van der Waals surface area contributed by atoms with Gasteiger partial charge in [-0.1, -0.05) is 37.3 Å². The number of hydrogen-bond acceptors (Lipinski definition) is 6. The van der Waals surface area contributed by atoms with Crippen molar-refractivity contribution in [3.05, 3.63) is 41.7 Å². The summed E-state index contributed by atoms with van der Waals surface area (Å²) in [5, 5.41) is 21.1. The van der Waals surface area contributed by atoms with E-state index in [0.29, 0.717) is 18.8 Å². The summed E-state index contributed by atoms with van der Waals surface area (Å²) in [6.07, 6.45) is 9.25. The van der Waals surface area contributed by atoms with Crippen molar-refractivity contribution in [1.82, 2.24) is 20.3 Å². The van der Waals surface area contributed by atoms with E-state index in [4.69, 9.17) is 9.47 Å². The van der Waals surface area contributed by atoms with Crippen LogP contribution in [0.3, 0.4) is 0 Å². The van der Waals surface area contributed by atoms with Gasteiger partial charge >= 0.3 is 0 Å². The largest absolute Gasteiger partial charge is 0.508 e. The lowest BCUT2D eigenvalue weighted by atomic mass is 9.86. The molecule has 30 heavy (non-hydrogen) atoms. The van der Waals surface area contributed by atoms with Crippen LogP contribution in [0.1, 0.15) is 54.2 Å². The lowest BCUT2D eigenvalue weighted by Gasteiger charge is -2.20. The number of hydrogen-bond donors (Lipinski definition) is 2. The van der Waals surface area contributed by atoms with Gasteiger partial charge in [-0.15, -0.1) is 5.10 Å². The molecule has 3 heterocycles. The molecule has 2 N–H and O–H groups in total. The first-order valence-corrected chi connectivity index (χ1v) is 10.9. The number of ether oxygens (including phenoxy) is 2. The fourth-order valence-corrected chi connectivity index (χ4v) is 4.95. The molecule has 160 valence electrons. The molecule has 3 fully saturated rings. The lowest BCUT2D eigenvalue weighted by Crippen LogP contribution is -2.44. The Labute approximate surface area is 175 Å². The van der Waals surface area contributed by atoms with Gasteiger partial charge in [-0.05, 0) is 36.6 Å². The highest BCUT2D eigenvalue weighted by Crippen LogP contribution is 2.34.